The number of hydrogen-bond acceptors (Lipinski definition) is 7. The SMILES string of the molecule is C=CC1=C(C)c2cc3[nH]c(c4c5[nH]c(cc6nc(cc1n2)C(C=O)=C6C=C)c(C)c5C(O)=C4C(=O)OC)[C@@H](CCC(=O)O)[C@@H]3C. The van der Waals surface area contributed by atoms with Crippen LogP contribution in [0.3, 0.4) is 0 Å². The number of aldehydes is 1. The molecule has 2 aromatic heterocycles. The van der Waals surface area contributed by atoms with Crippen LogP contribution in [0, 0.1) is 6.92 Å². The molecule has 4 aliphatic rings. The summed E-state index contributed by atoms with van der Waals surface area (Å²) in [6.45, 7) is 13.6. The fourth-order valence-electron chi connectivity index (χ4n) is 6.71. The molecule has 0 saturated carbocycles. The van der Waals surface area contributed by atoms with E-state index in [2.05, 4.69) is 23.1 Å². The zero-order valence-corrected chi connectivity index (χ0v) is 25.4. The van der Waals surface area contributed by atoms with Crippen molar-refractivity contribution < 1.29 is 29.3 Å². The van der Waals surface area contributed by atoms with Gasteiger partial charge in [0.1, 0.15) is 11.3 Å². The van der Waals surface area contributed by atoms with Crippen molar-refractivity contribution in [3.05, 3.63) is 94.4 Å². The van der Waals surface area contributed by atoms with Crippen molar-refractivity contribution in [3.8, 4) is 0 Å². The molecule has 8 bridgehead atoms. The number of carbonyl (C=O) groups excluding carboxylic acids is 2. The summed E-state index contributed by atoms with van der Waals surface area (Å²) in [5.41, 5.74) is 8.66. The number of aromatic amines is 2. The molecule has 0 fully saturated rings. The van der Waals surface area contributed by atoms with E-state index in [0.29, 0.717) is 67.3 Å². The highest BCUT2D eigenvalue weighted by molar-refractivity contribution is 6.30. The Morgan fingerprint density at radius 3 is 2.29 bits per heavy atom. The number of nitrogens with one attached hydrogen (secondary N) is 2. The number of rotatable bonds is 7. The Balaban J connectivity index is 1.83. The van der Waals surface area contributed by atoms with Gasteiger partial charge in [-0.15, -0.1) is 0 Å². The number of aromatic nitrogens is 4. The van der Waals surface area contributed by atoms with E-state index in [9.17, 15) is 24.6 Å². The number of fused-ring (bicyclic) bond motifs is 8. The summed E-state index contributed by atoms with van der Waals surface area (Å²) in [5.74, 6) is -2.44. The van der Waals surface area contributed by atoms with E-state index in [-0.39, 0.29) is 36.0 Å². The lowest BCUT2D eigenvalue weighted by Gasteiger charge is -2.17. The summed E-state index contributed by atoms with van der Waals surface area (Å²) in [5, 5.41) is 21.1. The molecule has 2 atom stereocenters. The molecule has 0 unspecified atom stereocenters. The van der Waals surface area contributed by atoms with Gasteiger partial charge in [0, 0.05) is 63.0 Å². The van der Waals surface area contributed by atoms with Gasteiger partial charge in [0.25, 0.3) is 0 Å². The Hall–Kier alpha value is -5.51. The van der Waals surface area contributed by atoms with Crippen LogP contribution < -0.4 is 0 Å². The van der Waals surface area contributed by atoms with Crippen LogP contribution in [0.15, 0.2) is 43.5 Å². The molecular weight excluding hydrogens is 572 g/mol. The Morgan fingerprint density at radius 1 is 0.978 bits per heavy atom. The maximum atomic E-state index is 13.2. The third-order valence-corrected chi connectivity index (χ3v) is 9.10. The molecule has 6 rings (SSSR count). The summed E-state index contributed by atoms with van der Waals surface area (Å²) >= 11 is 0. The first-order valence-corrected chi connectivity index (χ1v) is 14.5. The molecule has 10 nitrogen and oxygen atoms in total. The highest BCUT2D eigenvalue weighted by Gasteiger charge is 2.39. The number of ether oxygens (including phenoxy) is 1. The number of carboxylic acids is 1. The molecule has 1 aliphatic carbocycles. The summed E-state index contributed by atoms with van der Waals surface area (Å²) in [6, 6.07) is 5.44. The number of carboxylic acid groups (broad SMARTS) is 1. The van der Waals surface area contributed by atoms with Crippen molar-refractivity contribution in [3.63, 3.8) is 0 Å². The summed E-state index contributed by atoms with van der Waals surface area (Å²) in [6.07, 6.45) is 4.22. The molecular formula is C35H32N4O6. The van der Waals surface area contributed by atoms with Crippen LogP contribution in [0.1, 0.15) is 89.4 Å². The van der Waals surface area contributed by atoms with Crippen molar-refractivity contribution in [1.29, 1.82) is 0 Å². The monoisotopic (exact) mass is 604 g/mol. The first kappa shape index (κ1) is 29.6. The van der Waals surface area contributed by atoms with Gasteiger partial charge in [-0.25, -0.2) is 14.8 Å². The third kappa shape index (κ3) is 4.44. The lowest BCUT2D eigenvalue weighted by atomic mass is 9.85. The van der Waals surface area contributed by atoms with Crippen LogP contribution in [0.5, 0.6) is 0 Å². The van der Waals surface area contributed by atoms with Crippen molar-refractivity contribution in [2.75, 3.05) is 7.11 Å². The minimum atomic E-state index is -0.938. The molecule has 0 radical (unpaired) electrons. The van der Waals surface area contributed by atoms with Crippen molar-refractivity contribution in [2.45, 2.75) is 45.4 Å². The minimum Gasteiger partial charge on any atom is -0.506 e. The second-order valence-corrected chi connectivity index (χ2v) is 11.4. The average molecular weight is 605 g/mol. The topological polar surface area (TPSA) is 158 Å². The van der Waals surface area contributed by atoms with Crippen LogP contribution in [-0.4, -0.2) is 55.5 Å². The number of aliphatic hydroxyl groups is 1. The number of aliphatic carboxylic acids is 1. The van der Waals surface area contributed by atoms with Gasteiger partial charge >= 0.3 is 11.9 Å². The van der Waals surface area contributed by atoms with Crippen LogP contribution in [0.2, 0.25) is 0 Å². The molecule has 228 valence electrons. The summed E-state index contributed by atoms with van der Waals surface area (Å²) < 4.78 is 5.11. The van der Waals surface area contributed by atoms with E-state index >= 15 is 0 Å². The van der Waals surface area contributed by atoms with Gasteiger partial charge in [-0.2, -0.15) is 0 Å². The molecule has 4 N–H and O–H groups in total. The second-order valence-electron chi connectivity index (χ2n) is 11.4. The fourth-order valence-corrected chi connectivity index (χ4v) is 6.71. The predicted octanol–water partition coefficient (Wildman–Crippen LogP) is 6.42. The number of aryl methyl sites for hydroxylation is 1. The van der Waals surface area contributed by atoms with Gasteiger partial charge in [-0.1, -0.05) is 32.2 Å². The van der Waals surface area contributed by atoms with E-state index in [0.717, 1.165) is 23.1 Å². The number of carbonyl (C=O) groups is 3. The normalized spacial score (nSPS) is 17.9. The molecule has 10 heteroatoms. The molecule has 45 heavy (non-hydrogen) atoms. The first-order valence-electron chi connectivity index (χ1n) is 14.5. The van der Waals surface area contributed by atoms with E-state index in [1.54, 1.807) is 24.3 Å². The average Bonchev–Trinajstić information content (AvgIpc) is 3.76. The van der Waals surface area contributed by atoms with E-state index in [4.69, 9.17) is 14.7 Å². The molecule has 3 aliphatic heterocycles. The largest absolute Gasteiger partial charge is 0.506 e. The Morgan fingerprint density at radius 2 is 1.64 bits per heavy atom. The van der Waals surface area contributed by atoms with Gasteiger partial charge in [0.15, 0.2) is 6.29 Å². The smallest absolute Gasteiger partial charge is 0.342 e. The molecule has 2 aromatic rings. The number of aliphatic hydroxyl groups excluding tert-OH is 1. The van der Waals surface area contributed by atoms with Crippen LogP contribution in [0.25, 0.3) is 44.7 Å². The Bertz CT molecular complexity index is 2050. The van der Waals surface area contributed by atoms with Crippen LogP contribution in [0.4, 0.5) is 0 Å². The lowest BCUT2D eigenvalue weighted by Crippen LogP contribution is -2.10. The number of esters is 1. The Labute approximate surface area is 258 Å². The standard InChI is InChI=1S/C35H32N4O6/c1-7-18-15(3)22-11-23-16(4)20(9-10-28(41)42)32(38-23)30-31(35(44)45-6)34(43)29-17(5)24(39-33(29)30)12-26-19(8-2)21(14-40)27(37-26)13-25(18)36-22/h7-8,11-14,16,20,38-39,43H,1-2,9-10H2,3-6H3,(H,41,42)/t16-,20-/m0/s1. The molecule has 0 aromatic carbocycles. The van der Waals surface area contributed by atoms with Crippen molar-refractivity contribution in [1.82, 2.24) is 19.9 Å². The minimum absolute atomic E-state index is 0.0111. The number of nitrogens with zero attached hydrogens (tertiary/aromatic N) is 2. The van der Waals surface area contributed by atoms with E-state index < -0.39 is 11.9 Å². The van der Waals surface area contributed by atoms with Crippen molar-refractivity contribution in [2.24, 2.45) is 0 Å². The first-order chi connectivity index (χ1) is 21.5. The van der Waals surface area contributed by atoms with Crippen LogP contribution >= 0.6 is 0 Å². The number of hydrogen-bond donors (Lipinski definition) is 4. The van der Waals surface area contributed by atoms with E-state index in [1.165, 1.54) is 7.11 Å². The van der Waals surface area contributed by atoms with Gasteiger partial charge in [-0.3, -0.25) is 9.59 Å². The Kier molecular flexibility index (Phi) is 7.15. The number of H-pyrrole nitrogens is 2. The molecule has 0 saturated heterocycles. The quantitative estimate of drug-likeness (QED) is 0.208. The summed E-state index contributed by atoms with van der Waals surface area (Å²) in [4.78, 5) is 53.8. The van der Waals surface area contributed by atoms with E-state index in [1.807, 2.05) is 26.8 Å². The van der Waals surface area contributed by atoms with Gasteiger partial charge < -0.3 is 24.9 Å². The summed E-state index contributed by atoms with van der Waals surface area (Å²) in [7, 11) is 1.25. The predicted molar refractivity (Wildman–Crippen MR) is 172 cm³/mol. The maximum Gasteiger partial charge on any atom is 0.342 e. The van der Waals surface area contributed by atoms with Gasteiger partial charge in [0.2, 0.25) is 0 Å². The zero-order valence-electron chi connectivity index (χ0n) is 25.4. The fraction of sp³-hybridized carbons (Fsp3) is 0.229. The molecule has 0 spiro atoms. The third-order valence-electron chi connectivity index (χ3n) is 9.10. The second kappa shape index (κ2) is 10.9. The van der Waals surface area contributed by atoms with Gasteiger partial charge in [-0.05, 0) is 49.6 Å². The lowest BCUT2D eigenvalue weighted by molar-refractivity contribution is -0.137. The maximum absolute atomic E-state index is 13.2. The number of methoxy groups -OCH3 is 1. The van der Waals surface area contributed by atoms with Crippen molar-refractivity contribution >= 4 is 62.9 Å². The van der Waals surface area contributed by atoms with Gasteiger partial charge in [0.05, 0.1) is 35.4 Å². The highest BCUT2D eigenvalue weighted by atomic mass is 16.5. The molecule has 5 heterocycles. The zero-order chi connectivity index (χ0) is 32.3. The molecule has 0 amide bonds. The number of allylic oxidation sites excluding steroid dienone is 6. The highest BCUT2D eigenvalue weighted by Crippen LogP contribution is 2.49. The van der Waals surface area contributed by atoms with Crippen LogP contribution in [-0.2, 0) is 19.1 Å².